The van der Waals surface area contributed by atoms with E-state index in [-0.39, 0.29) is 0 Å². The molecule has 1 aromatic rings. The maximum atomic E-state index is 5.48. The summed E-state index contributed by atoms with van der Waals surface area (Å²) in [4.78, 5) is 5.48. The monoisotopic (exact) mass is 275 g/mol. The molecule has 1 N–H and O–H groups in total. The van der Waals surface area contributed by atoms with E-state index in [0.717, 1.165) is 12.8 Å². The van der Waals surface area contributed by atoms with Crippen LogP contribution in [0.5, 0.6) is 5.88 Å². The Morgan fingerprint density at radius 2 is 1.70 bits per heavy atom. The Bertz CT molecular complexity index is 392. The van der Waals surface area contributed by atoms with Crippen molar-refractivity contribution in [1.29, 1.82) is 0 Å². The van der Waals surface area contributed by atoms with Crippen molar-refractivity contribution >= 4 is 0 Å². The van der Waals surface area contributed by atoms with Gasteiger partial charge in [0.1, 0.15) is 0 Å². The Morgan fingerprint density at radius 1 is 0.950 bits per heavy atom. The van der Waals surface area contributed by atoms with Crippen LogP contribution in [0.15, 0.2) is 30.1 Å². The van der Waals surface area contributed by atoms with Crippen molar-refractivity contribution in [2.24, 2.45) is 0 Å². The van der Waals surface area contributed by atoms with Gasteiger partial charge in [-0.25, -0.2) is 5.48 Å². The highest BCUT2D eigenvalue weighted by Gasteiger charge is 2.02. The largest absolute Gasteiger partial charge is 0.360 e. The highest BCUT2D eigenvalue weighted by Crippen LogP contribution is 2.15. The normalized spacial score (nSPS) is 18.3. The Hall–Kier alpha value is -1.58. The molecule has 0 atom stereocenters. The Labute approximate surface area is 121 Å². The van der Waals surface area contributed by atoms with Crippen molar-refractivity contribution in [3.8, 4) is 5.88 Å². The molecule has 1 heterocycles. The van der Waals surface area contributed by atoms with E-state index in [1.165, 1.54) is 57.1 Å². The minimum atomic E-state index is 0.513. The van der Waals surface area contributed by atoms with Gasteiger partial charge in [-0.2, -0.15) is 5.10 Å². The summed E-state index contributed by atoms with van der Waals surface area (Å²) >= 11 is 0. The standard InChI is InChI=1S/C16H25N3O/c1-2-4-6-8-11-15(12-9-7-5-3-1)19-20-16-13-10-14-17-18-16/h10-11,13-14,19H,1-9,12H2. The maximum absolute atomic E-state index is 5.48. The number of nitrogens with one attached hydrogen (secondary N) is 1. The van der Waals surface area contributed by atoms with Crippen molar-refractivity contribution in [3.63, 3.8) is 0 Å². The minimum absolute atomic E-state index is 0.513. The molecule has 1 aromatic heterocycles. The summed E-state index contributed by atoms with van der Waals surface area (Å²) in [6.07, 6.45) is 16.8. The topological polar surface area (TPSA) is 47.0 Å². The van der Waals surface area contributed by atoms with Gasteiger partial charge in [0.25, 0.3) is 5.88 Å². The van der Waals surface area contributed by atoms with E-state index >= 15 is 0 Å². The summed E-state index contributed by atoms with van der Waals surface area (Å²) in [7, 11) is 0. The van der Waals surface area contributed by atoms with E-state index in [1.807, 2.05) is 6.07 Å². The molecule has 110 valence electrons. The number of hydrogen-bond acceptors (Lipinski definition) is 4. The van der Waals surface area contributed by atoms with Crippen LogP contribution in [0.4, 0.5) is 0 Å². The smallest absolute Gasteiger partial charge is 0.264 e. The Balaban J connectivity index is 1.81. The molecule has 20 heavy (non-hydrogen) atoms. The fourth-order valence-corrected chi connectivity index (χ4v) is 2.45. The number of nitrogens with zero attached hydrogens (tertiary/aromatic N) is 2. The van der Waals surface area contributed by atoms with Crippen LogP contribution in [0.3, 0.4) is 0 Å². The van der Waals surface area contributed by atoms with Crippen LogP contribution in [0.25, 0.3) is 0 Å². The summed E-state index contributed by atoms with van der Waals surface area (Å²) in [6, 6.07) is 3.62. The molecule has 1 aliphatic rings. The molecule has 0 amide bonds. The third-order valence-corrected chi connectivity index (χ3v) is 3.63. The fraction of sp³-hybridized carbons (Fsp3) is 0.625. The number of aromatic nitrogens is 2. The molecule has 2 rings (SSSR count). The lowest BCUT2D eigenvalue weighted by Crippen LogP contribution is -2.19. The molecule has 0 fully saturated rings. The first-order chi connectivity index (χ1) is 9.95. The number of rotatable bonds is 3. The van der Waals surface area contributed by atoms with Crippen LogP contribution in [0.2, 0.25) is 0 Å². The molecule has 0 bridgehead atoms. The Morgan fingerprint density at radius 3 is 2.45 bits per heavy atom. The van der Waals surface area contributed by atoms with Gasteiger partial charge in [0, 0.05) is 18.0 Å². The van der Waals surface area contributed by atoms with Gasteiger partial charge in [0.15, 0.2) is 0 Å². The van der Waals surface area contributed by atoms with Crippen LogP contribution in [0.1, 0.15) is 64.2 Å². The predicted octanol–water partition coefficient (Wildman–Crippen LogP) is 4.16. The SMILES string of the molecule is C1=C(NOc2cccnn2)CCCCCCCCCC1. The van der Waals surface area contributed by atoms with Crippen LogP contribution < -0.4 is 10.3 Å². The maximum Gasteiger partial charge on any atom is 0.264 e. The zero-order valence-corrected chi connectivity index (χ0v) is 12.2. The highest BCUT2D eigenvalue weighted by atomic mass is 16.7. The molecule has 0 aliphatic heterocycles. The van der Waals surface area contributed by atoms with Crippen molar-refractivity contribution in [2.75, 3.05) is 0 Å². The van der Waals surface area contributed by atoms with Crippen molar-refractivity contribution < 1.29 is 4.84 Å². The van der Waals surface area contributed by atoms with Gasteiger partial charge in [-0.15, -0.1) is 5.10 Å². The average Bonchev–Trinajstić information content (AvgIpc) is 2.48. The van der Waals surface area contributed by atoms with Crippen molar-refractivity contribution in [1.82, 2.24) is 15.7 Å². The Kier molecular flexibility index (Phi) is 6.92. The van der Waals surface area contributed by atoms with Gasteiger partial charge in [0.2, 0.25) is 0 Å². The lowest BCUT2D eigenvalue weighted by molar-refractivity contribution is 0.211. The molecule has 0 unspecified atom stereocenters. The average molecular weight is 275 g/mol. The van der Waals surface area contributed by atoms with Crippen molar-refractivity contribution in [3.05, 3.63) is 30.1 Å². The van der Waals surface area contributed by atoms with E-state index in [2.05, 4.69) is 21.8 Å². The first-order valence-electron chi connectivity index (χ1n) is 7.85. The zero-order valence-electron chi connectivity index (χ0n) is 12.2. The second-order valence-electron chi connectivity index (χ2n) is 5.36. The quantitative estimate of drug-likeness (QED) is 0.841. The third kappa shape index (κ3) is 6.04. The molecule has 4 nitrogen and oxygen atoms in total. The minimum Gasteiger partial charge on any atom is -0.360 e. The second-order valence-corrected chi connectivity index (χ2v) is 5.36. The van der Waals surface area contributed by atoms with Crippen LogP contribution >= 0.6 is 0 Å². The summed E-state index contributed by atoms with van der Waals surface area (Å²) in [6.45, 7) is 0. The fourth-order valence-electron chi connectivity index (χ4n) is 2.45. The second kappa shape index (κ2) is 9.34. The molecular formula is C16H25N3O. The van der Waals surface area contributed by atoms with Gasteiger partial charge in [-0.05, 0) is 31.7 Å². The van der Waals surface area contributed by atoms with Gasteiger partial charge in [-0.1, -0.05) is 44.6 Å². The number of hydroxylamine groups is 1. The molecule has 4 heteroatoms. The molecule has 0 saturated carbocycles. The summed E-state index contributed by atoms with van der Waals surface area (Å²) < 4.78 is 0. The molecule has 1 aliphatic carbocycles. The van der Waals surface area contributed by atoms with Crippen LogP contribution in [-0.4, -0.2) is 10.2 Å². The van der Waals surface area contributed by atoms with Gasteiger partial charge < -0.3 is 4.84 Å². The zero-order chi connectivity index (χ0) is 13.9. The lowest BCUT2D eigenvalue weighted by Gasteiger charge is -2.12. The number of allylic oxidation sites excluding steroid dienone is 2. The summed E-state index contributed by atoms with van der Waals surface area (Å²) in [5.74, 6) is 0.513. The molecule has 0 radical (unpaired) electrons. The summed E-state index contributed by atoms with van der Waals surface area (Å²) in [5.41, 5.74) is 4.23. The van der Waals surface area contributed by atoms with E-state index < -0.39 is 0 Å². The highest BCUT2D eigenvalue weighted by molar-refractivity contribution is 5.06. The van der Waals surface area contributed by atoms with Gasteiger partial charge in [0.05, 0.1) is 0 Å². The van der Waals surface area contributed by atoms with E-state index in [1.54, 1.807) is 12.3 Å². The van der Waals surface area contributed by atoms with Crippen LogP contribution in [0, 0.1) is 0 Å². The first-order valence-corrected chi connectivity index (χ1v) is 7.85. The van der Waals surface area contributed by atoms with E-state index in [0.29, 0.717) is 5.88 Å². The van der Waals surface area contributed by atoms with Gasteiger partial charge >= 0.3 is 0 Å². The molecule has 0 spiro atoms. The molecule has 0 aromatic carbocycles. The predicted molar refractivity (Wildman–Crippen MR) is 80.0 cm³/mol. The number of hydrogen-bond donors (Lipinski definition) is 1. The van der Waals surface area contributed by atoms with E-state index in [9.17, 15) is 0 Å². The van der Waals surface area contributed by atoms with E-state index in [4.69, 9.17) is 4.84 Å². The first kappa shape index (κ1) is 14.8. The summed E-state index contributed by atoms with van der Waals surface area (Å²) in [5, 5.41) is 7.70. The van der Waals surface area contributed by atoms with Crippen LogP contribution in [-0.2, 0) is 0 Å². The molecular weight excluding hydrogens is 250 g/mol. The lowest BCUT2D eigenvalue weighted by atomic mass is 10.0. The third-order valence-electron chi connectivity index (χ3n) is 3.63. The van der Waals surface area contributed by atoms with Gasteiger partial charge in [-0.3, -0.25) is 0 Å². The molecule has 0 saturated heterocycles. The van der Waals surface area contributed by atoms with Crippen molar-refractivity contribution in [2.45, 2.75) is 64.2 Å².